The molecular formula is C19H12ClF3N4OS. The van der Waals surface area contributed by atoms with E-state index in [2.05, 4.69) is 15.3 Å². The zero-order chi connectivity index (χ0) is 20.6. The Labute approximate surface area is 171 Å². The van der Waals surface area contributed by atoms with E-state index in [-0.39, 0.29) is 23.0 Å². The highest BCUT2D eigenvalue weighted by Gasteiger charge is 2.36. The number of hydrogen-bond donors (Lipinski definition) is 1. The Morgan fingerprint density at radius 2 is 1.97 bits per heavy atom. The second kappa shape index (κ2) is 7.49. The number of carbonyl (C=O) groups is 1. The van der Waals surface area contributed by atoms with E-state index in [1.807, 2.05) is 17.5 Å². The summed E-state index contributed by atoms with van der Waals surface area (Å²) in [6, 6.07) is 7.82. The highest BCUT2D eigenvalue weighted by molar-refractivity contribution is 7.09. The van der Waals surface area contributed by atoms with Crippen molar-refractivity contribution in [3.63, 3.8) is 0 Å². The first kappa shape index (κ1) is 19.4. The van der Waals surface area contributed by atoms with Gasteiger partial charge >= 0.3 is 6.18 Å². The zero-order valence-electron chi connectivity index (χ0n) is 14.6. The SMILES string of the molecule is O=C(NCc1cccs1)c1nc2c(C(F)(F)F)cc(-c3ccncc3)cn2c1Cl. The number of fused-ring (bicyclic) bond motifs is 1. The molecule has 4 heterocycles. The van der Waals surface area contributed by atoms with Crippen molar-refractivity contribution in [2.24, 2.45) is 0 Å². The average Bonchev–Trinajstić information content (AvgIpc) is 3.33. The number of rotatable bonds is 4. The van der Waals surface area contributed by atoms with Crippen molar-refractivity contribution in [1.82, 2.24) is 19.7 Å². The van der Waals surface area contributed by atoms with Crippen LogP contribution in [-0.2, 0) is 12.7 Å². The number of thiophene rings is 1. The van der Waals surface area contributed by atoms with Gasteiger partial charge in [0.2, 0.25) is 0 Å². The normalized spacial score (nSPS) is 11.7. The van der Waals surface area contributed by atoms with Gasteiger partial charge in [0.15, 0.2) is 11.3 Å². The summed E-state index contributed by atoms with van der Waals surface area (Å²) in [5, 5.41) is 4.30. The molecule has 0 atom stereocenters. The number of imidazole rings is 1. The molecule has 148 valence electrons. The molecule has 10 heteroatoms. The summed E-state index contributed by atoms with van der Waals surface area (Å²) in [7, 11) is 0. The van der Waals surface area contributed by atoms with Crippen LogP contribution in [0.3, 0.4) is 0 Å². The fourth-order valence-corrected chi connectivity index (χ4v) is 3.74. The number of carbonyl (C=O) groups excluding carboxylic acids is 1. The molecule has 4 aromatic heterocycles. The molecule has 29 heavy (non-hydrogen) atoms. The van der Waals surface area contributed by atoms with Gasteiger partial charge in [0.25, 0.3) is 5.91 Å². The first-order valence-corrected chi connectivity index (χ1v) is 9.60. The first-order valence-electron chi connectivity index (χ1n) is 8.34. The summed E-state index contributed by atoms with van der Waals surface area (Å²) in [5.41, 5.74) is -0.869. The third-order valence-corrected chi connectivity index (χ3v) is 5.44. The van der Waals surface area contributed by atoms with Crippen molar-refractivity contribution in [3.8, 4) is 11.1 Å². The molecule has 0 spiro atoms. The van der Waals surface area contributed by atoms with Crippen molar-refractivity contribution in [1.29, 1.82) is 0 Å². The van der Waals surface area contributed by atoms with Gasteiger partial charge in [-0.05, 0) is 40.8 Å². The van der Waals surface area contributed by atoms with E-state index in [1.54, 1.807) is 12.1 Å². The molecule has 0 bridgehead atoms. The first-order chi connectivity index (χ1) is 13.8. The predicted molar refractivity (Wildman–Crippen MR) is 104 cm³/mol. The smallest absolute Gasteiger partial charge is 0.346 e. The van der Waals surface area contributed by atoms with Crippen LogP contribution in [0.5, 0.6) is 0 Å². The van der Waals surface area contributed by atoms with E-state index in [4.69, 9.17) is 11.6 Å². The van der Waals surface area contributed by atoms with Gasteiger partial charge in [-0.3, -0.25) is 14.2 Å². The van der Waals surface area contributed by atoms with Crippen LogP contribution in [0, 0.1) is 0 Å². The number of pyridine rings is 2. The lowest BCUT2D eigenvalue weighted by molar-refractivity contribution is -0.136. The van der Waals surface area contributed by atoms with Crippen LogP contribution < -0.4 is 5.32 Å². The number of aromatic nitrogens is 3. The number of hydrogen-bond acceptors (Lipinski definition) is 4. The lowest BCUT2D eigenvalue weighted by atomic mass is 10.1. The Hall–Kier alpha value is -2.91. The van der Waals surface area contributed by atoms with Crippen LogP contribution in [0.2, 0.25) is 5.15 Å². The summed E-state index contributed by atoms with van der Waals surface area (Å²) in [4.78, 5) is 21.2. The largest absolute Gasteiger partial charge is 0.420 e. The fourth-order valence-electron chi connectivity index (χ4n) is 2.84. The molecule has 0 aliphatic carbocycles. The summed E-state index contributed by atoms with van der Waals surface area (Å²) in [5.74, 6) is -0.648. The van der Waals surface area contributed by atoms with Crippen LogP contribution in [0.15, 0.2) is 54.3 Å². The molecule has 0 radical (unpaired) electrons. The molecule has 5 nitrogen and oxygen atoms in total. The lowest BCUT2D eigenvalue weighted by Gasteiger charge is -2.11. The number of alkyl halides is 3. The third kappa shape index (κ3) is 3.83. The Bertz CT molecular complexity index is 1170. The minimum atomic E-state index is -4.68. The molecule has 4 aromatic rings. The molecule has 0 saturated heterocycles. The maximum atomic E-state index is 13.7. The van der Waals surface area contributed by atoms with Crippen molar-refractivity contribution in [3.05, 3.63) is 75.6 Å². The zero-order valence-corrected chi connectivity index (χ0v) is 16.1. The topological polar surface area (TPSA) is 59.3 Å². The predicted octanol–water partition coefficient (Wildman–Crippen LogP) is 5.06. The van der Waals surface area contributed by atoms with Crippen molar-refractivity contribution in [2.75, 3.05) is 0 Å². The summed E-state index contributed by atoms with van der Waals surface area (Å²) in [6.45, 7) is 0.231. The minimum Gasteiger partial charge on any atom is -0.346 e. The number of nitrogens with zero attached hydrogens (tertiary/aromatic N) is 3. The molecule has 0 saturated carbocycles. The summed E-state index contributed by atoms with van der Waals surface area (Å²) in [6.07, 6.45) is -0.299. The van der Waals surface area contributed by atoms with Crippen LogP contribution in [0.25, 0.3) is 16.8 Å². The highest BCUT2D eigenvalue weighted by Crippen LogP contribution is 2.36. The van der Waals surface area contributed by atoms with E-state index >= 15 is 0 Å². The highest BCUT2D eigenvalue weighted by atomic mass is 35.5. The van der Waals surface area contributed by atoms with Crippen LogP contribution in [-0.4, -0.2) is 20.3 Å². The van der Waals surface area contributed by atoms with Gasteiger partial charge in [0.1, 0.15) is 5.15 Å². The van der Waals surface area contributed by atoms with Crippen LogP contribution >= 0.6 is 22.9 Å². The molecule has 4 rings (SSSR count). The van der Waals surface area contributed by atoms with Gasteiger partial charge in [-0.1, -0.05) is 17.7 Å². The minimum absolute atomic E-state index is 0.190. The van der Waals surface area contributed by atoms with Gasteiger partial charge in [0.05, 0.1) is 12.1 Å². The summed E-state index contributed by atoms with van der Waals surface area (Å²) < 4.78 is 42.1. The Balaban J connectivity index is 1.80. The van der Waals surface area contributed by atoms with E-state index in [1.165, 1.54) is 29.9 Å². The monoisotopic (exact) mass is 436 g/mol. The average molecular weight is 437 g/mol. The number of nitrogens with one attached hydrogen (secondary N) is 1. The fraction of sp³-hybridized carbons (Fsp3) is 0.105. The quantitative estimate of drug-likeness (QED) is 0.486. The maximum Gasteiger partial charge on any atom is 0.420 e. The molecule has 0 fully saturated rings. The molecular weight excluding hydrogens is 425 g/mol. The van der Waals surface area contributed by atoms with Crippen molar-refractivity contribution in [2.45, 2.75) is 12.7 Å². The maximum absolute atomic E-state index is 13.7. The number of halogens is 4. The van der Waals surface area contributed by atoms with E-state index < -0.39 is 23.3 Å². The van der Waals surface area contributed by atoms with Gasteiger partial charge < -0.3 is 5.32 Å². The molecule has 0 aliphatic heterocycles. The second-order valence-electron chi connectivity index (χ2n) is 6.08. The summed E-state index contributed by atoms with van der Waals surface area (Å²) >= 11 is 7.70. The second-order valence-corrected chi connectivity index (χ2v) is 7.47. The molecule has 0 aliphatic rings. The lowest BCUT2D eigenvalue weighted by Crippen LogP contribution is -2.23. The Morgan fingerprint density at radius 3 is 2.62 bits per heavy atom. The van der Waals surface area contributed by atoms with Crippen LogP contribution in [0.4, 0.5) is 13.2 Å². The Morgan fingerprint density at radius 1 is 1.21 bits per heavy atom. The van der Waals surface area contributed by atoms with Gasteiger partial charge in [-0.25, -0.2) is 4.98 Å². The van der Waals surface area contributed by atoms with Gasteiger partial charge in [-0.2, -0.15) is 13.2 Å². The standard InChI is InChI=1S/C19H12ClF3N4OS/c20-16-15(18(28)25-9-13-2-1-7-29-13)26-17-14(19(21,22)23)8-12(10-27(16)17)11-3-5-24-6-4-11/h1-8,10H,9H2,(H,25,28). The van der Waals surface area contributed by atoms with Crippen LogP contribution in [0.1, 0.15) is 20.9 Å². The third-order valence-electron chi connectivity index (χ3n) is 4.20. The van der Waals surface area contributed by atoms with E-state index in [0.717, 1.165) is 15.3 Å². The molecule has 1 N–H and O–H groups in total. The van der Waals surface area contributed by atoms with Gasteiger partial charge in [0, 0.05) is 23.5 Å². The molecule has 0 unspecified atom stereocenters. The van der Waals surface area contributed by atoms with Crippen molar-refractivity contribution < 1.29 is 18.0 Å². The van der Waals surface area contributed by atoms with E-state index in [9.17, 15) is 18.0 Å². The van der Waals surface area contributed by atoms with E-state index in [0.29, 0.717) is 5.56 Å². The Kier molecular flexibility index (Phi) is 5.01. The molecule has 1 amide bonds. The van der Waals surface area contributed by atoms with Crippen molar-refractivity contribution >= 4 is 34.5 Å². The number of amides is 1. The van der Waals surface area contributed by atoms with Gasteiger partial charge in [-0.15, -0.1) is 11.3 Å². The molecule has 0 aromatic carbocycles.